The summed E-state index contributed by atoms with van der Waals surface area (Å²) in [6, 6.07) is 9.17. The molecule has 0 spiro atoms. The Bertz CT molecular complexity index is 1030. The summed E-state index contributed by atoms with van der Waals surface area (Å²) in [7, 11) is 0. The Morgan fingerprint density at radius 2 is 1.88 bits per heavy atom. The lowest BCUT2D eigenvalue weighted by molar-refractivity contribution is 0.253. The smallest absolute Gasteiger partial charge is 0.333 e. The fourth-order valence-corrected chi connectivity index (χ4v) is 2.65. The van der Waals surface area contributed by atoms with Crippen LogP contribution in [0.3, 0.4) is 0 Å². The van der Waals surface area contributed by atoms with Crippen LogP contribution in [-0.2, 0) is 0 Å². The van der Waals surface area contributed by atoms with Crippen LogP contribution >= 0.6 is 11.6 Å². The Hall–Kier alpha value is -2.99. The number of hydrogen-bond acceptors (Lipinski definition) is 4. The molecule has 1 aromatic heterocycles. The van der Waals surface area contributed by atoms with Gasteiger partial charge in [-0.2, -0.15) is 0 Å². The number of nitrogens with zero attached hydrogens (tertiary/aromatic N) is 1. The van der Waals surface area contributed by atoms with Crippen LogP contribution in [0, 0.1) is 6.92 Å². The minimum absolute atomic E-state index is 0.0698. The number of benzene rings is 2. The van der Waals surface area contributed by atoms with E-state index in [0.29, 0.717) is 16.0 Å². The monoisotopic (exact) mass is 344 g/mol. The second-order valence-corrected chi connectivity index (χ2v) is 5.73. The molecule has 0 bridgehead atoms. The first-order valence-corrected chi connectivity index (χ1v) is 7.40. The van der Waals surface area contributed by atoms with Gasteiger partial charge in [-0.1, -0.05) is 11.6 Å². The van der Waals surface area contributed by atoms with Crippen LogP contribution in [0.4, 0.5) is 10.5 Å². The topological polar surface area (TPSA) is 91.6 Å². The zero-order valence-corrected chi connectivity index (χ0v) is 13.3. The maximum absolute atomic E-state index is 12.6. The van der Waals surface area contributed by atoms with E-state index in [1.165, 1.54) is 36.4 Å². The molecular formula is C17H13ClN2O4. The normalized spacial score (nSPS) is 10.8. The van der Waals surface area contributed by atoms with Gasteiger partial charge in [0.2, 0.25) is 0 Å². The molecule has 3 aromatic rings. The molecule has 2 aromatic carbocycles. The number of phenols is 2. The van der Waals surface area contributed by atoms with Gasteiger partial charge in [0.05, 0.1) is 11.2 Å². The number of amides is 1. The molecule has 3 N–H and O–H groups in total. The summed E-state index contributed by atoms with van der Waals surface area (Å²) < 4.78 is 0.891. The average molecular weight is 345 g/mol. The lowest BCUT2D eigenvalue weighted by Gasteiger charge is -2.13. The van der Waals surface area contributed by atoms with Crippen molar-refractivity contribution in [1.82, 2.24) is 4.57 Å². The molecule has 6 nitrogen and oxygen atoms in total. The number of nitrogens with one attached hydrogen (secondary N) is 1. The number of aromatic hydroxyl groups is 2. The van der Waals surface area contributed by atoms with Crippen LogP contribution in [0.1, 0.15) is 5.56 Å². The molecule has 0 aliphatic rings. The van der Waals surface area contributed by atoms with E-state index in [1.54, 1.807) is 13.0 Å². The summed E-state index contributed by atoms with van der Waals surface area (Å²) in [5, 5.41) is 22.9. The third-order valence-electron chi connectivity index (χ3n) is 3.61. The van der Waals surface area contributed by atoms with Crippen LogP contribution in [0.2, 0.25) is 5.02 Å². The zero-order chi connectivity index (χ0) is 17.4. The third kappa shape index (κ3) is 2.79. The number of pyridine rings is 1. The molecule has 3 rings (SSSR count). The highest BCUT2D eigenvalue weighted by atomic mass is 35.5. The van der Waals surface area contributed by atoms with E-state index >= 15 is 0 Å². The van der Waals surface area contributed by atoms with Gasteiger partial charge in [-0.3, -0.25) is 4.79 Å². The number of anilines is 1. The van der Waals surface area contributed by atoms with Gasteiger partial charge in [0.1, 0.15) is 11.5 Å². The van der Waals surface area contributed by atoms with Gasteiger partial charge in [0, 0.05) is 22.5 Å². The molecule has 0 unspecified atom stereocenters. The molecule has 0 saturated heterocycles. The van der Waals surface area contributed by atoms with E-state index in [0.717, 1.165) is 4.57 Å². The van der Waals surface area contributed by atoms with Gasteiger partial charge in [-0.05, 0) is 42.8 Å². The van der Waals surface area contributed by atoms with Crippen molar-refractivity contribution >= 4 is 34.2 Å². The fraction of sp³-hybridized carbons (Fsp3) is 0.0588. The first-order valence-electron chi connectivity index (χ1n) is 7.02. The number of phenolic OH excluding ortho intramolecular Hbond substituents is 2. The van der Waals surface area contributed by atoms with Crippen LogP contribution in [0.25, 0.3) is 10.9 Å². The molecule has 122 valence electrons. The van der Waals surface area contributed by atoms with Crippen molar-refractivity contribution < 1.29 is 15.0 Å². The number of carbonyl (C=O) groups is 1. The Morgan fingerprint density at radius 3 is 2.62 bits per heavy atom. The predicted octanol–water partition coefficient (Wildman–Crippen LogP) is 3.45. The molecule has 0 saturated carbocycles. The van der Waals surface area contributed by atoms with Crippen molar-refractivity contribution in [3.63, 3.8) is 0 Å². The van der Waals surface area contributed by atoms with Crippen LogP contribution in [-0.4, -0.2) is 20.8 Å². The molecule has 1 heterocycles. The summed E-state index contributed by atoms with van der Waals surface area (Å²) in [6.45, 7) is 1.74. The zero-order valence-electron chi connectivity index (χ0n) is 12.6. The summed E-state index contributed by atoms with van der Waals surface area (Å²) >= 11 is 5.85. The van der Waals surface area contributed by atoms with E-state index in [1.807, 2.05) is 0 Å². The highest BCUT2D eigenvalue weighted by Gasteiger charge is 2.15. The maximum atomic E-state index is 12.6. The number of aromatic nitrogens is 1. The van der Waals surface area contributed by atoms with Gasteiger partial charge < -0.3 is 15.5 Å². The number of fused-ring (bicyclic) bond motifs is 1. The summed E-state index contributed by atoms with van der Waals surface area (Å²) in [5.41, 5.74) is 0.474. The van der Waals surface area contributed by atoms with Crippen LogP contribution in [0.5, 0.6) is 11.5 Å². The van der Waals surface area contributed by atoms with Crippen molar-refractivity contribution in [2.24, 2.45) is 0 Å². The SMILES string of the molecule is Cc1cc(=O)n(C(=O)Nc2cc(Cl)ccc2O)c2cc(O)ccc12. The molecule has 0 aliphatic carbocycles. The second kappa shape index (κ2) is 5.90. The first kappa shape index (κ1) is 15.9. The molecule has 7 heteroatoms. The number of aryl methyl sites for hydroxylation is 1. The van der Waals surface area contributed by atoms with E-state index in [4.69, 9.17) is 11.6 Å². The number of halogens is 1. The van der Waals surface area contributed by atoms with Crippen molar-refractivity contribution in [2.45, 2.75) is 6.92 Å². The Balaban J connectivity index is 2.15. The van der Waals surface area contributed by atoms with Crippen molar-refractivity contribution in [3.8, 4) is 11.5 Å². The lowest BCUT2D eigenvalue weighted by Crippen LogP contribution is -2.31. The molecule has 0 atom stereocenters. The minimum atomic E-state index is -0.770. The first-order chi connectivity index (χ1) is 11.4. The fourth-order valence-electron chi connectivity index (χ4n) is 2.47. The molecular weight excluding hydrogens is 332 g/mol. The standard InChI is InChI=1S/C17H13ClN2O4/c1-9-6-16(23)20(14-8-11(21)3-4-12(9)14)17(24)19-13-7-10(18)2-5-15(13)22/h2-8,21-22H,1H3,(H,19,24). The minimum Gasteiger partial charge on any atom is -0.508 e. The molecule has 0 fully saturated rings. The van der Waals surface area contributed by atoms with E-state index < -0.39 is 11.6 Å². The van der Waals surface area contributed by atoms with E-state index in [-0.39, 0.29) is 22.7 Å². The third-order valence-corrected chi connectivity index (χ3v) is 3.85. The summed E-state index contributed by atoms with van der Waals surface area (Å²) in [4.78, 5) is 24.8. The van der Waals surface area contributed by atoms with Gasteiger partial charge in [-0.15, -0.1) is 0 Å². The van der Waals surface area contributed by atoms with Crippen LogP contribution < -0.4 is 10.9 Å². The predicted molar refractivity (Wildman–Crippen MR) is 92.1 cm³/mol. The molecule has 0 radical (unpaired) electrons. The van der Waals surface area contributed by atoms with Gasteiger partial charge in [0.25, 0.3) is 5.56 Å². The van der Waals surface area contributed by atoms with Crippen molar-refractivity contribution in [3.05, 3.63) is 63.4 Å². The maximum Gasteiger partial charge on any atom is 0.333 e. The summed E-state index contributed by atoms with van der Waals surface area (Å²) in [5.74, 6) is -0.250. The lowest BCUT2D eigenvalue weighted by atomic mass is 10.1. The van der Waals surface area contributed by atoms with E-state index in [2.05, 4.69) is 5.32 Å². The summed E-state index contributed by atoms with van der Waals surface area (Å²) in [6.07, 6.45) is 0. The Morgan fingerprint density at radius 1 is 1.12 bits per heavy atom. The largest absolute Gasteiger partial charge is 0.508 e. The molecule has 24 heavy (non-hydrogen) atoms. The quantitative estimate of drug-likeness (QED) is 0.589. The van der Waals surface area contributed by atoms with Crippen molar-refractivity contribution in [1.29, 1.82) is 0 Å². The Kier molecular flexibility index (Phi) is 3.91. The van der Waals surface area contributed by atoms with E-state index in [9.17, 15) is 19.8 Å². The number of rotatable bonds is 1. The average Bonchev–Trinajstić information content (AvgIpc) is 2.50. The van der Waals surface area contributed by atoms with Crippen LogP contribution in [0.15, 0.2) is 47.3 Å². The van der Waals surface area contributed by atoms with Gasteiger partial charge in [-0.25, -0.2) is 9.36 Å². The molecule has 0 aliphatic heterocycles. The number of carbonyl (C=O) groups excluding carboxylic acids is 1. The highest BCUT2D eigenvalue weighted by molar-refractivity contribution is 6.31. The second-order valence-electron chi connectivity index (χ2n) is 5.29. The Labute approximate surface area is 141 Å². The van der Waals surface area contributed by atoms with Gasteiger partial charge in [0.15, 0.2) is 0 Å². The molecule has 1 amide bonds. The highest BCUT2D eigenvalue weighted by Crippen LogP contribution is 2.27. The van der Waals surface area contributed by atoms with Gasteiger partial charge >= 0.3 is 6.03 Å². The van der Waals surface area contributed by atoms with Crippen molar-refractivity contribution in [2.75, 3.05) is 5.32 Å². The number of hydrogen-bond donors (Lipinski definition) is 3.